The van der Waals surface area contributed by atoms with Crippen molar-refractivity contribution in [3.8, 4) is 0 Å². The van der Waals surface area contributed by atoms with E-state index in [1.54, 1.807) is 0 Å². The Morgan fingerprint density at radius 2 is 1.44 bits per heavy atom. The molecule has 0 N–H and O–H groups in total. The van der Waals surface area contributed by atoms with Crippen LogP contribution in [0.1, 0.15) is 20.8 Å². The molecule has 0 aromatic carbocycles. The van der Waals surface area contributed by atoms with E-state index >= 15 is 0 Å². The Morgan fingerprint density at radius 1 is 1.33 bits per heavy atom. The number of hydrogen-bond donors (Lipinski definition) is 0. The summed E-state index contributed by atoms with van der Waals surface area (Å²) in [6.45, 7) is 6.20. The fourth-order valence-electron chi connectivity index (χ4n) is 0. The van der Waals surface area contributed by atoms with E-state index < -0.39 is 11.3 Å². The fourth-order valence-corrected chi connectivity index (χ4v) is 0. The van der Waals surface area contributed by atoms with Crippen molar-refractivity contribution in [2.75, 3.05) is 0 Å². The molecular formula is C5H10ClNaO2. The van der Waals surface area contributed by atoms with Gasteiger partial charge in [0.05, 0.1) is 11.3 Å². The molecule has 0 atom stereocenters. The van der Waals surface area contributed by atoms with Gasteiger partial charge in [-0.2, -0.15) is 0 Å². The van der Waals surface area contributed by atoms with Gasteiger partial charge in [0.1, 0.15) is 0 Å². The average molecular weight is 161 g/mol. The van der Waals surface area contributed by atoms with Crippen LogP contribution in [0.4, 0.5) is 0 Å². The van der Waals surface area contributed by atoms with Gasteiger partial charge in [0.25, 0.3) is 0 Å². The number of halogens is 1. The second kappa shape index (κ2) is 16.0. The third-order valence-electron chi connectivity index (χ3n) is 0.577. The van der Waals surface area contributed by atoms with Gasteiger partial charge in [-0.3, -0.25) is 0 Å². The Kier molecular flexibility index (Phi) is 29.3. The van der Waals surface area contributed by atoms with E-state index in [1.807, 2.05) is 6.92 Å². The maximum Gasteiger partial charge on any atom is 1.00 e. The van der Waals surface area contributed by atoms with E-state index in [1.165, 1.54) is 5.57 Å². The summed E-state index contributed by atoms with van der Waals surface area (Å²) in [5.41, 5.74) is 1.38. The van der Waals surface area contributed by atoms with Crippen molar-refractivity contribution in [1.29, 1.82) is 0 Å². The molecule has 0 aliphatic heterocycles. The van der Waals surface area contributed by atoms with Gasteiger partial charge in [0.2, 0.25) is 0 Å². The summed E-state index contributed by atoms with van der Waals surface area (Å²) >= 11 is -0.417. The first kappa shape index (κ1) is 16.5. The summed E-state index contributed by atoms with van der Waals surface area (Å²) in [5.74, 6) is 0. The Hall–Kier alpha value is 0.950. The van der Waals surface area contributed by atoms with Crippen molar-refractivity contribution >= 4 is 0 Å². The zero-order valence-electron chi connectivity index (χ0n) is 6.27. The topological polar surface area (TPSA) is 46.1 Å². The molecule has 9 heavy (non-hydrogen) atoms. The first-order valence-corrected chi connectivity index (χ1v) is 2.79. The Balaban J connectivity index is -0.0000000800. The van der Waals surface area contributed by atoms with Crippen LogP contribution >= 0.6 is 0 Å². The molecule has 0 aromatic heterocycles. The normalized spacial score (nSPS) is 5.89. The largest absolute Gasteiger partial charge is 1.00 e. The molecule has 2 nitrogen and oxygen atoms in total. The Morgan fingerprint density at radius 3 is 1.44 bits per heavy atom. The summed E-state index contributed by atoms with van der Waals surface area (Å²) in [6, 6.07) is 0. The molecule has 0 bridgehead atoms. The first-order chi connectivity index (χ1) is 3.68. The van der Waals surface area contributed by atoms with Crippen molar-refractivity contribution in [2.24, 2.45) is 0 Å². The van der Waals surface area contributed by atoms with Crippen LogP contribution in [0.3, 0.4) is 0 Å². The van der Waals surface area contributed by atoms with Gasteiger partial charge < -0.3 is 9.32 Å². The Bertz CT molecular complexity index is 62.0. The molecule has 0 aliphatic carbocycles. The maximum absolute atomic E-state index is 8.24. The van der Waals surface area contributed by atoms with Crippen LogP contribution in [0.2, 0.25) is 0 Å². The van der Waals surface area contributed by atoms with E-state index in [-0.39, 0.29) is 29.6 Å². The molecule has 0 rings (SSSR count). The molecular weight excluding hydrogens is 150 g/mol. The molecule has 0 saturated carbocycles. The van der Waals surface area contributed by atoms with Crippen LogP contribution in [0, 0.1) is 11.3 Å². The number of allylic oxidation sites excluding steroid dienone is 2. The predicted octanol–water partition coefficient (Wildman–Crippen LogP) is -3.40. The summed E-state index contributed by atoms with van der Waals surface area (Å²) in [5, 5.41) is 0. The second-order valence-electron chi connectivity index (χ2n) is 1.43. The fraction of sp³-hybridized carbons (Fsp3) is 0.600. The van der Waals surface area contributed by atoms with Crippen LogP contribution in [-0.2, 0) is 0 Å². The smallest absolute Gasteiger partial charge is 0.544 e. The minimum atomic E-state index is -0.417. The van der Waals surface area contributed by atoms with Gasteiger partial charge in [0, 0.05) is 0 Å². The Labute approximate surface area is 82.3 Å². The van der Waals surface area contributed by atoms with Crippen molar-refractivity contribution in [3.05, 3.63) is 11.6 Å². The molecule has 0 radical (unpaired) electrons. The molecule has 0 amide bonds. The van der Waals surface area contributed by atoms with Gasteiger partial charge in [0.15, 0.2) is 0 Å². The van der Waals surface area contributed by atoms with Crippen molar-refractivity contribution in [3.63, 3.8) is 0 Å². The number of hydrogen-bond acceptors (Lipinski definition) is 2. The van der Waals surface area contributed by atoms with Gasteiger partial charge in [-0.05, 0) is 20.8 Å². The second-order valence-corrected chi connectivity index (χ2v) is 1.56. The molecule has 0 spiro atoms. The molecule has 0 aromatic rings. The molecule has 0 aliphatic rings. The maximum atomic E-state index is 8.24. The summed E-state index contributed by atoms with van der Waals surface area (Å²) in [7, 11) is 0. The quantitative estimate of drug-likeness (QED) is 0.274. The van der Waals surface area contributed by atoms with Gasteiger partial charge in [-0.15, -0.1) is 0 Å². The third kappa shape index (κ3) is 49.7. The molecule has 0 saturated heterocycles. The van der Waals surface area contributed by atoms with Crippen molar-refractivity contribution < 1.29 is 50.2 Å². The van der Waals surface area contributed by atoms with E-state index in [0.717, 1.165) is 0 Å². The third-order valence-corrected chi connectivity index (χ3v) is 0.577. The minimum absolute atomic E-state index is 0. The molecule has 50 valence electrons. The zero-order valence-corrected chi connectivity index (χ0v) is 9.03. The molecule has 4 heteroatoms. The van der Waals surface area contributed by atoms with Gasteiger partial charge in [-0.25, -0.2) is 0 Å². The SMILES string of the molecule is CC=C(C)C.[Na+].[O-][Cl+][O-]. The van der Waals surface area contributed by atoms with E-state index in [2.05, 4.69) is 19.9 Å². The van der Waals surface area contributed by atoms with Crippen LogP contribution in [0.25, 0.3) is 0 Å². The molecule has 0 unspecified atom stereocenters. The van der Waals surface area contributed by atoms with Crippen LogP contribution < -0.4 is 38.9 Å². The summed E-state index contributed by atoms with van der Waals surface area (Å²) in [4.78, 5) is 0. The van der Waals surface area contributed by atoms with E-state index in [9.17, 15) is 0 Å². The van der Waals surface area contributed by atoms with Crippen molar-refractivity contribution in [2.45, 2.75) is 20.8 Å². The minimum Gasteiger partial charge on any atom is -0.544 e. The average Bonchev–Trinajstić information content (AvgIpc) is 1.69. The number of rotatable bonds is 0. The van der Waals surface area contributed by atoms with E-state index in [4.69, 9.17) is 9.32 Å². The first-order valence-electron chi connectivity index (χ1n) is 2.17. The van der Waals surface area contributed by atoms with E-state index in [0.29, 0.717) is 0 Å². The monoisotopic (exact) mass is 160 g/mol. The molecule has 0 fully saturated rings. The van der Waals surface area contributed by atoms with Crippen LogP contribution in [0.15, 0.2) is 11.6 Å². The van der Waals surface area contributed by atoms with Crippen LogP contribution in [0.5, 0.6) is 0 Å². The van der Waals surface area contributed by atoms with Gasteiger partial charge in [-0.1, -0.05) is 11.6 Å². The standard InChI is InChI=1S/C5H10.ClO2.Na/c1-4-5(2)3;2-1-3;/h4H,1-3H3;;/q;-1;+1. The zero-order chi connectivity index (χ0) is 6.99. The van der Waals surface area contributed by atoms with Gasteiger partial charge >= 0.3 is 29.6 Å². The molecule has 0 heterocycles. The summed E-state index contributed by atoms with van der Waals surface area (Å²) in [6.07, 6.45) is 2.08. The predicted molar refractivity (Wildman–Crippen MR) is 25.1 cm³/mol. The van der Waals surface area contributed by atoms with Crippen molar-refractivity contribution in [1.82, 2.24) is 0 Å². The summed E-state index contributed by atoms with van der Waals surface area (Å²) < 4.78 is 16.5. The van der Waals surface area contributed by atoms with Crippen LogP contribution in [-0.4, -0.2) is 0 Å².